The molecule has 3 aromatic carbocycles. The van der Waals surface area contributed by atoms with E-state index in [0.717, 1.165) is 27.2 Å². The lowest BCUT2D eigenvalue weighted by Crippen LogP contribution is -1.87. The number of rotatable bonds is 0. The van der Waals surface area contributed by atoms with Crippen molar-refractivity contribution in [2.45, 2.75) is 0 Å². The Balaban J connectivity index is 2.29. The molecule has 0 saturated heterocycles. The number of hydrogen-bond donors (Lipinski definition) is 0. The normalized spacial score (nSPS) is 11.4. The van der Waals surface area contributed by atoms with Crippen molar-refractivity contribution in [3.63, 3.8) is 0 Å². The highest BCUT2D eigenvalue weighted by Gasteiger charge is 2.07. The molecular formula is C17H10FN. The summed E-state index contributed by atoms with van der Waals surface area (Å²) in [6.45, 7) is 0. The van der Waals surface area contributed by atoms with Gasteiger partial charge < -0.3 is 0 Å². The van der Waals surface area contributed by atoms with E-state index in [1.807, 2.05) is 42.5 Å². The van der Waals surface area contributed by atoms with Crippen LogP contribution in [0.2, 0.25) is 0 Å². The van der Waals surface area contributed by atoms with E-state index in [1.54, 1.807) is 6.07 Å². The van der Waals surface area contributed by atoms with Gasteiger partial charge in [-0.3, -0.25) is 0 Å². The van der Waals surface area contributed by atoms with Crippen LogP contribution in [0.15, 0.2) is 60.7 Å². The molecule has 1 heterocycles. The molecule has 1 aromatic heterocycles. The van der Waals surface area contributed by atoms with Gasteiger partial charge in [0.25, 0.3) is 0 Å². The molecule has 0 fully saturated rings. The molecule has 0 bridgehead atoms. The SMILES string of the molecule is Fc1cccc2ccc3cc4ccccc4nc3c12. The third kappa shape index (κ3) is 1.50. The van der Waals surface area contributed by atoms with Crippen LogP contribution in [0.4, 0.5) is 4.39 Å². The number of pyridine rings is 1. The van der Waals surface area contributed by atoms with Gasteiger partial charge in [0.2, 0.25) is 0 Å². The predicted molar refractivity (Wildman–Crippen MR) is 76.7 cm³/mol. The Morgan fingerprint density at radius 1 is 0.737 bits per heavy atom. The molecule has 0 aliphatic rings. The van der Waals surface area contributed by atoms with Crippen LogP contribution in [0.3, 0.4) is 0 Å². The summed E-state index contributed by atoms with van der Waals surface area (Å²) in [7, 11) is 0. The first-order valence-electron chi connectivity index (χ1n) is 6.20. The van der Waals surface area contributed by atoms with Crippen molar-refractivity contribution in [1.29, 1.82) is 0 Å². The molecule has 4 rings (SSSR count). The summed E-state index contributed by atoms with van der Waals surface area (Å²) in [5.41, 5.74) is 1.63. The van der Waals surface area contributed by atoms with E-state index >= 15 is 0 Å². The van der Waals surface area contributed by atoms with Crippen molar-refractivity contribution in [1.82, 2.24) is 4.98 Å². The molecule has 0 atom stereocenters. The van der Waals surface area contributed by atoms with E-state index in [9.17, 15) is 4.39 Å². The maximum Gasteiger partial charge on any atom is 0.133 e. The lowest BCUT2D eigenvalue weighted by Gasteiger charge is -2.06. The number of nitrogens with zero attached hydrogens (tertiary/aromatic N) is 1. The van der Waals surface area contributed by atoms with Crippen LogP contribution in [-0.4, -0.2) is 4.98 Å². The van der Waals surface area contributed by atoms with Crippen LogP contribution in [0.5, 0.6) is 0 Å². The Morgan fingerprint density at radius 2 is 1.53 bits per heavy atom. The number of fused-ring (bicyclic) bond motifs is 4. The van der Waals surface area contributed by atoms with Crippen LogP contribution in [0.1, 0.15) is 0 Å². The van der Waals surface area contributed by atoms with Crippen LogP contribution in [0.25, 0.3) is 32.6 Å². The Labute approximate surface area is 109 Å². The van der Waals surface area contributed by atoms with Crippen molar-refractivity contribution in [2.24, 2.45) is 0 Å². The molecule has 2 heteroatoms. The number of hydrogen-bond acceptors (Lipinski definition) is 1. The lowest BCUT2D eigenvalue weighted by atomic mass is 10.0. The Kier molecular flexibility index (Phi) is 2.06. The summed E-state index contributed by atoms with van der Waals surface area (Å²) < 4.78 is 14.1. The molecule has 19 heavy (non-hydrogen) atoms. The van der Waals surface area contributed by atoms with Gasteiger partial charge in [-0.15, -0.1) is 0 Å². The maximum absolute atomic E-state index is 14.1. The summed E-state index contributed by atoms with van der Waals surface area (Å²) in [6.07, 6.45) is 0. The fourth-order valence-electron chi connectivity index (χ4n) is 2.57. The number of halogens is 1. The van der Waals surface area contributed by atoms with Gasteiger partial charge >= 0.3 is 0 Å². The molecule has 0 aliphatic heterocycles. The third-order valence-electron chi connectivity index (χ3n) is 3.48. The second-order valence-electron chi connectivity index (χ2n) is 4.66. The molecule has 0 saturated carbocycles. The monoisotopic (exact) mass is 247 g/mol. The molecule has 1 nitrogen and oxygen atoms in total. The second-order valence-corrected chi connectivity index (χ2v) is 4.66. The molecule has 0 unspecified atom stereocenters. The van der Waals surface area contributed by atoms with Gasteiger partial charge in [-0.2, -0.15) is 0 Å². The van der Waals surface area contributed by atoms with E-state index in [4.69, 9.17) is 0 Å². The van der Waals surface area contributed by atoms with Crippen LogP contribution in [-0.2, 0) is 0 Å². The summed E-state index contributed by atoms with van der Waals surface area (Å²) >= 11 is 0. The average Bonchev–Trinajstić information content (AvgIpc) is 2.45. The summed E-state index contributed by atoms with van der Waals surface area (Å²) in [5.74, 6) is -0.217. The van der Waals surface area contributed by atoms with E-state index < -0.39 is 0 Å². The van der Waals surface area contributed by atoms with Gasteiger partial charge in [0.1, 0.15) is 5.82 Å². The zero-order valence-electron chi connectivity index (χ0n) is 10.1. The molecule has 0 aliphatic carbocycles. The Hall–Kier alpha value is -2.48. The minimum absolute atomic E-state index is 0.217. The van der Waals surface area contributed by atoms with E-state index in [2.05, 4.69) is 11.1 Å². The molecule has 90 valence electrons. The van der Waals surface area contributed by atoms with E-state index in [1.165, 1.54) is 6.07 Å². The maximum atomic E-state index is 14.1. The fourth-order valence-corrected chi connectivity index (χ4v) is 2.57. The van der Waals surface area contributed by atoms with Gasteiger partial charge in [0, 0.05) is 16.2 Å². The van der Waals surface area contributed by atoms with Gasteiger partial charge in [-0.1, -0.05) is 42.5 Å². The summed E-state index contributed by atoms with van der Waals surface area (Å²) in [5, 5.41) is 3.53. The first-order valence-corrected chi connectivity index (χ1v) is 6.20. The standard InChI is InChI=1S/C17H10FN/c18-14-6-3-5-11-8-9-13-10-12-4-1-2-7-15(12)19-17(13)16(11)14/h1-10H. The van der Waals surface area contributed by atoms with Gasteiger partial charge in [0.05, 0.1) is 11.0 Å². The highest BCUT2D eigenvalue weighted by Crippen LogP contribution is 2.28. The van der Waals surface area contributed by atoms with E-state index in [-0.39, 0.29) is 5.82 Å². The van der Waals surface area contributed by atoms with E-state index in [0.29, 0.717) is 5.39 Å². The quantitative estimate of drug-likeness (QED) is 0.325. The minimum Gasteiger partial charge on any atom is -0.247 e. The predicted octanol–water partition coefficient (Wildman–Crippen LogP) is 4.68. The Bertz CT molecular complexity index is 928. The molecule has 0 radical (unpaired) electrons. The highest BCUT2D eigenvalue weighted by atomic mass is 19.1. The Morgan fingerprint density at radius 3 is 2.47 bits per heavy atom. The zero-order valence-corrected chi connectivity index (χ0v) is 10.1. The molecule has 0 N–H and O–H groups in total. The van der Waals surface area contributed by atoms with Gasteiger partial charge in [-0.05, 0) is 23.6 Å². The first kappa shape index (κ1) is 10.4. The summed E-state index contributed by atoms with van der Waals surface area (Å²) in [4.78, 5) is 4.63. The molecule has 0 spiro atoms. The largest absolute Gasteiger partial charge is 0.247 e. The number of benzene rings is 3. The highest BCUT2D eigenvalue weighted by molar-refractivity contribution is 6.08. The molecule has 0 amide bonds. The molecule has 4 aromatic rings. The van der Waals surface area contributed by atoms with Crippen LogP contribution < -0.4 is 0 Å². The topological polar surface area (TPSA) is 12.9 Å². The third-order valence-corrected chi connectivity index (χ3v) is 3.48. The van der Waals surface area contributed by atoms with Gasteiger partial charge in [-0.25, -0.2) is 9.37 Å². The average molecular weight is 247 g/mol. The van der Waals surface area contributed by atoms with Crippen LogP contribution in [0, 0.1) is 5.82 Å². The first-order chi connectivity index (χ1) is 9.33. The van der Waals surface area contributed by atoms with Gasteiger partial charge in [0.15, 0.2) is 0 Å². The summed E-state index contributed by atoms with van der Waals surface area (Å²) in [6, 6.07) is 19.0. The smallest absolute Gasteiger partial charge is 0.133 e. The van der Waals surface area contributed by atoms with Crippen molar-refractivity contribution < 1.29 is 4.39 Å². The van der Waals surface area contributed by atoms with Crippen molar-refractivity contribution in [3.05, 3.63) is 66.5 Å². The van der Waals surface area contributed by atoms with Crippen molar-refractivity contribution >= 4 is 32.6 Å². The van der Waals surface area contributed by atoms with Crippen molar-refractivity contribution in [3.8, 4) is 0 Å². The van der Waals surface area contributed by atoms with Crippen LogP contribution >= 0.6 is 0 Å². The lowest BCUT2D eigenvalue weighted by molar-refractivity contribution is 0.640. The second kappa shape index (κ2) is 3.75. The number of aromatic nitrogens is 1. The number of para-hydroxylation sites is 1. The zero-order chi connectivity index (χ0) is 12.8. The minimum atomic E-state index is -0.217. The van der Waals surface area contributed by atoms with Crippen molar-refractivity contribution in [2.75, 3.05) is 0 Å². The molecular weight excluding hydrogens is 237 g/mol. The fraction of sp³-hybridized carbons (Fsp3) is 0.